The van der Waals surface area contributed by atoms with Crippen LogP contribution in [0.15, 0.2) is 42.5 Å². The number of nitrogens with one attached hydrogen (secondary N) is 1. The highest BCUT2D eigenvalue weighted by Gasteiger charge is 2.28. The van der Waals surface area contributed by atoms with Crippen molar-refractivity contribution in [2.45, 2.75) is 33.2 Å². The smallest absolute Gasteiger partial charge is 0.241 e. The summed E-state index contributed by atoms with van der Waals surface area (Å²) in [5.74, 6) is 1.41. The van der Waals surface area contributed by atoms with Gasteiger partial charge in [-0.3, -0.25) is 9.69 Å². The van der Waals surface area contributed by atoms with Crippen molar-refractivity contribution in [1.82, 2.24) is 4.90 Å². The molecule has 1 N–H and O–H groups in total. The molecule has 0 radical (unpaired) electrons. The normalized spacial score (nSPS) is 23.6. The lowest BCUT2D eigenvalue weighted by Crippen LogP contribution is -2.48. The number of likely N-dealkylation sites (tertiary alicyclic amines) is 1. The molecule has 122 valence electrons. The van der Waals surface area contributed by atoms with Gasteiger partial charge in [0.25, 0.3) is 0 Å². The maximum atomic E-state index is 12.6. The molecule has 1 amide bonds. The summed E-state index contributed by atoms with van der Waals surface area (Å²) < 4.78 is 0. The summed E-state index contributed by atoms with van der Waals surface area (Å²) in [4.78, 5) is 14.9. The third-order valence-electron chi connectivity index (χ3n) is 4.84. The molecule has 0 saturated carbocycles. The third kappa shape index (κ3) is 3.73. The van der Waals surface area contributed by atoms with Crippen LogP contribution in [-0.4, -0.2) is 29.9 Å². The fourth-order valence-electron chi connectivity index (χ4n) is 3.71. The number of fused-ring (bicyclic) bond motifs is 1. The molecule has 1 aliphatic heterocycles. The van der Waals surface area contributed by atoms with E-state index in [4.69, 9.17) is 0 Å². The molecule has 0 aliphatic carbocycles. The molecule has 1 aliphatic rings. The SMILES string of the molecule is C[C@H]1C[C@H](C)CN([C@@H](C)C(=O)Nc2ccc3ccccc3c2)C1. The van der Waals surface area contributed by atoms with Gasteiger partial charge in [-0.25, -0.2) is 0 Å². The molecule has 0 aromatic heterocycles. The van der Waals surface area contributed by atoms with Crippen LogP contribution in [0.1, 0.15) is 27.2 Å². The topological polar surface area (TPSA) is 32.3 Å². The first-order chi connectivity index (χ1) is 11.0. The number of carbonyl (C=O) groups excluding carboxylic acids is 1. The van der Waals surface area contributed by atoms with E-state index >= 15 is 0 Å². The highest BCUT2D eigenvalue weighted by atomic mass is 16.2. The van der Waals surface area contributed by atoms with E-state index in [9.17, 15) is 4.79 Å². The Balaban J connectivity index is 1.69. The number of benzene rings is 2. The Morgan fingerprint density at radius 2 is 1.74 bits per heavy atom. The molecular weight excluding hydrogens is 284 g/mol. The van der Waals surface area contributed by atoms with E-state index in [-0.39, 0.29) is 11.9 Å². The number of hydrogen-bond acceptors (Lipinski definition) is 2. The minimum absolute atomic E-state index is 0.0848. The van der Waals surface area contributed by atoms with Crippen LogP contribution in [-0.2, 0) is 4.79 Å². The molecule has 0 unspecified atom stereocenters. The van der Waals surface area contributed by atoms with Gasteiger partial charge in [-0.05, 0) is 48.1 Å². The maximum Gasteiger partial charge on any atom is 0.241 e. The van der Waals surface area contributed by atoms with E-state index in [1.165, 1.54) is 11.8 Å². The highest BCUT2D eigenvalue weighted by molar-refractivity contribution is 5.97. The Morgan fingerprint density at radius 1 is 1.09 bits per heavy atom. The van der Waals surface area contributed by atoms with Crippen LogP contribution in [0.2, 0.25) is 0 Å². The van der Waals surface area contributed by atoms with Crippen LogP contribution < -0.4 is 5.32 Å². The van der Waals surface area contributed by atoms with Crippen LogP contribution in [0, 0.1) is 11.8 Å². The second-order valence-electron chi connectivity index (χ2n) is 7.13. The van der Waals surface area contributed by atoms with Crippen LogP contribution in [0.5, 0.6) is 0 Å². The van der Waals surface area contributed by atoms with E-state index in [0.717, 1.165) is 24.2 Å². The minimum atomic E-state index is -0.0910. The summed E-state index contributed by atoms with van der Waals surface area (Å²) in [6.07, 6.45) is 1.26. The van der Waals surface area contributed by atoms with Gasteiger partial charge in [0.1, 0.15) is 0 Å². The number of carbonyl (C=O) groups is 1. The van der Waals surface area contributed by atoms with E-state index < -0.39 is 0 Å². The van der Waals surface area contributed by atoms with E-state index in [0.29, 0.717) is 11.8 Å². The summed E-state index contributed by atoms with van der Waals surface area (Å²) in [6.45, 7) is 8.58. The number of amides is 1. The van der Waals surface area contributed by atoms with Crippen molar-refractivity contribution in [3.05, 3.63) is 42.5 Å². The first-order valence-corrected chi connectivity index (χ1v) is 8.56. The van der Waals surface area contributed by atoms with E-state index in [1.54, 1.807) is 0 Å². The molecule has 1 heterocycles. The fraction of sp³-hybridized carbons (Fsp3) is 0.450. The average Bonchev–Trinajstić information content (AvgIpc) is 2.53. The zero-order valence-corrected chi connectivity index (χ0v) is 14.3. The van der Waals surface area contributed by atoms with E-state index in [1.807, 2.05) is 31.2 Å². The summed E-state index contributed by atoms with van der Waals surface area (Å²) in [7, 11) is 0. The van der Waals surface area contributed by atoms with Crippen LogP contribution in [0.3, 0.4) is 0 Å². The average molecular weight is 310 g/mol. The Labute approximate surface area is 138 Å². The largest absolute Gasteiger partial charge is 0.325 e. The van der Waals surface area contributed by atoms with Crippen molar-refractivity contribution in [2.75, 3.05) is 18.4 Å². The van der Waals surface area contributed by atoms with Gasteiger partial charge in [-0.1, -0.05) is 44.2 Å². The van der Waals surface area contributed by atoms with Crippen molar-refractivity contribution in [2.24, 2.45) is 11.8 Å². The number of hydrogen-bond donors (Lipinski definition) is 1. The lowest BCUT2D eigenvalue weighted by Gasteiger charge is -2.38. The van der Waals surface area contributed by atoms with Crippen LogP contribution in [0.25, 0.3) is 10.8 Å². The van der Waals surface area contributed by atoms with Gasteiger partial charge in [0.15, 0.2) is 0 Å². The minimum Gasteiger partial charge on any atom is -0.325 e. The van der Waals surface area contributed by atoms with Gasteiger partial charge in [0, 0.05) is 18.8 Å². The van der Waals surface area contributed by atoms with Crippen LogP contribution in [0.4, 0.5) is 5.69 Å². The predicted octanol–water partition coefficient (Wildman–Crippen LogP) is 4.14. The van der Waals surface area contributed by atoms with Crippen molar-refractivity contribution < 1.29 is 4.79 Å². The van der Waals surface area contributed by atoms with E-state index in [2.05, 4.69) is 42.3 Å². The van der Waals surface area contributed by atoms with Crippen molar-refractivity contribution >= 4 is 22.4 Å². The highest BCUT2D eigenvalue weighted by Crippen LogP contribution is 2.24. The Kier molecular flexibility index (Phi) is 4.67. The summed E-state index contributed by atoms with van der Waals surface area (Å²) >= 11 is 0. The third-order valence-corrected chi connectivity index (χ3v) is 4.84. The second kappa shape index (κ2) is 6.71. The molecule has 3 atom stereocenters. The molecule has 0 bridgehead atoms. The molecular formula is C20H26N2O. The zero-order chi connectivity index (χ0) is 16.4. The molecule has 1 saturated heterocycles. The molecule has 0 spiro atoms. The predicted molar refractivity (Wildman–Crippen MR) is 96.6 cm³/mol. The molecule has 3 rings (SSSR count). The van der Waals surface area contributed by atoms with Gasteiger partial charge in [-0.15, -0.1) is 0 Å². The number of piperidine rings is 1. The van der Waals surface area contributed by atoms with Crippen molar-refractivity contribution in [3.63, 3.8) is 0 Å². The Morgan fingerprint density at radius 3 is 2.43 bits per heavy atom. The van der Waals surface area contributed by atoms with Crippen molar-refractivity contribution in [3.8, 4) is 0 Å². The quantitative estimate of drug-likeness (QED) is 0.924. The summed E-state index contributed by atoms with van der Waals surface area (Å²) in [5, 5.41) is 5.42. The summed E-state index contributed by atoms with van der Waals surface area (Å²) in [6, 6.07) is 14.2. The van der Waals surface area contributed by atoms with Gasteiger partial charge in [0.05, 0.1) is 6.04 Å². The molecule has 3 nitrogen and oxygen atoms in total. The van der Waals surface area contributed by atoms with Gasteiger partial charge in [0.2, 0.25) is 5.91 Å². The first kappa shape index (κ1) is 16.0. The van der Waals surface area contributed by atoms with Crippen molar-refractivity contribution in [1.29, 1.82) is 0 Å². The maximum absolute atomic E-state index is 12.6. The van der Waals surface area contributed by atoms with Gasteiger partial charge < -0.3 is 5.32 Å². The first-order valence-electron chi connectivity index (χ1n) is 8.56. The molecule has 3 heteroatoms. The molecule has 2 aromatic carbocycles. The molecule has 23 heavy (non-hydrogen) atoms. The number of anilines is 1. The van der Waals surface area contributed by atoms with Gasteiger partial charge >= 0.3 is 0 Å². The monoisotopic (exact) mass is 310 g/mol. The number of nitrogens with zero attached hydrogens (tertiary/aromatic N) is 1. The van der Waals surface area contributed by atoms with Gasteiger partial charge in [-0.2, -0.15) is 0 Å². The lowest BCUT2D eigenvalue weighted by atomic mass is 9.91. The summed E-state index contributed by atoms with van der Waals surface area (Å²) in [5.41, 5.74) is 0.874. The Hall–Kier alpha value is -1.87. The fourth-order valence-corrected chi connectivity index (χ4v) is 3.71. The zero-order valence-electron chi connectivity index (χ0n) is 14.3. The number of rotatable bonds is 3. The van der Waals surface area contributed by atoms with Crippen LogP contribution >= 0.6 is 0 Å². The standard InChI is InChI=1S/C20H26N2O/c1-14-10-15(2)13-22(12-14)16(3)20(23)21-19-9-8-17-6-4-5-7-18(17)11-19/h4-9,11,14-16H,10,12-13H2,1-3H3,(H,21,23)/t14-,15-,16-/m0/s1. The Bertz CT molecular complexity index is 687. The molecule has 2 aromatic rings. The second-order valence-corrected chi connectivity index (χ2v) is 7.13. The molecule has 1 fully saturated rings. The lowest BCUT2D eigenvalue weighted by molar-refractivity contribution is -0.121.